The largest absolute Gasteiger partial charge is 0.314 e. The van der Waals surface area contributed by atoms with Crippen molar-refractivity contribution in [1.82, 2.24) is 15.1 Å². The van der Waals surface area contributed by atoms with Crippen LogP contribution in [0.5, 0.6) is 0 Å². The van der Waals surface area contributed by atoms with Crippen molar-refractivity contribution in [1.29, 1.82) is 0 Å². The summed E-state index contributed by atoms with van der Waals surface area (Å²) in [5.74, 6) is 0.959. The molecule has 0 spiro atoms. The highest BCUT2D eigenvalue weighted by Gasteiger charge is 2.31. The van der Waals surface area contributed by atoms with Crippen molar-refractivity contribution in [2.75, 3.05) is 39.3 Å². The maximum atomic E-state index is 3.83. The Morgan fingerprint density at radius 1 is 1.00 bits per heavy atom. The first-order valence-corrected chi connectivity index (χ1v) is 9.01. The first kappa shape index (κ1) is 14.8. The predicted molar refractivity (Wildman–Crippen MR) is 85.1 cm³/mol. The van der Waals surface area contributed by atoms with Crippen LogP contribution >= 0.6 is 0 Å². The van der Waals surface area contributed by atoms with Crippen molar-refractivity contribution in [2.45, 2.75) is 64.0 Å². The zero-order chi connectivity index (χ0) is 13.8. The molecule has 3 fully saturated rings. The van der Waals surface area contributed by atoms with Gasteiger partial charge in [0, 0.05) is 12.1 Å². The molecule has 20 heavy (non-hydrogen) atoms. The summed E-state index contributed by atoms with van der Waals surface area (Å²) in [5, 5.41) is 3.83. The quantitative estimate of drug-likeness (QED) is 0.779. The molecule has 116 valence electrons. The number of hydrogen-bond donors (Lipinski definition) is 1. The normalized spacial score (nSPS) is 33.5. The molecule has 0 aromatic carbocycles. The van der Waals surface area contributed by atoms with Gasteiger partial charge in [0.2, 0.25) is 0 Å². The van der Waals surface area contributed by atoms with Crippen LogP contribution < -0.4 is 5.32 Å². The summed E-state index contributed by atoms with van der Waals surface area (Å²) in [6.45, 7) is 10.3. The lowest BCUT2D eigenvalue weighted by Crippen LogP contribution is -2.46. The molecule has 3 saturated heterocycles. The minimum Gasteiger partial charge on any atom is -0.314 e. The Morgan fingerprint density at radius 2 is 1.85 bits per heavy atom. The van der Waals surface area contributed by atoms with Crippen LogP contribution in [0.15, 0.2) is 0 Å². The molecule has 3 aliphatic heterocycles. The first-order chi connectivity index (χ1) is 9.81. The number of rotatable bonds is 5. The van der Waals surface area contributed by atoms with E-state index in [1.807, 2.05) is 0 Å². The van der Waals surface area contributed by atoms with Crippen molar-refractivity contribution < 1.29 is 0 Å². The Morgan fingerprint density at radius 3 is 2.70 bits per heavy atom. The Bertz CT molecular complexity index is 286. The molecule has 0 saturated carbocycles. The third-order valence-electron chi connectivity index (χ3n) is 5.78. The fourth-order valence-electron chi connectivity index (χ4n) is 4.30. The van der Waals surface area contributed by atoms with Crippen LogP contribution in [0.4, 0.5) is 0 Å². The number of nitrogens with one attached hydrogen (secondary N) is 1. The van der Waals surface area contributed by atoms with Crippen LogP contribution in [0, 0.1) is 5.92 Å². The molecular weight excluding hydrogens is 246 g/mol. The minimum absolute atomic E-state index is 0.802. The Kier molecular flexibility index (Phi) is 5.36. The molecule has 0 radical (unpaired) electrons. The molecule has 0 aliphatic carbocycles. The fourth-order valence-corrected chi connectivity index (χ4v) is 4.30. The van der Waals surface area contributed by atoms with Gasteiger partial charge in [-0.1, -0.05) is 6.92 Å². The molecular formula is C17H33N3. The van der Waals surface area contributed by atoms with Gasteiger partial charge in [-0.3, -0.25) is 0 Å². The van der Waals surface area contributed by atoms with Crippen molar-refractivity contribution in [2.24, 2.45) is 5.92 Å². The summed E-state index contributed by atoms with van der Waals surface area (Å²) in [5.41, 5.74) is 0. The van der Waals surface area contributed by atoms with Gasteiger partial charge >= 0.3 is 0 Å². The van der Waals surface area contributed by atoms with Gasteiger partial charge in [0.05, 0.1) is 0 Å². The molecule has 0 amide bonds. The zero-order valence-electron chi connectivity index (χ0n) is 13.3. The monoisotopic (exact) mass is 279 g/mol. The number of hydrogen-bond acceptors (Lipinski definition) is 3. The summed E-state index contributed by atoms with van der Waals surface area (Å²) in [6.07, 6.45) is 9.81. The van der Waals surface area contributed by atoms with Crippen LogP contribution in [0.1, 0.15) is 51.9 Å². The van der Waals surface area contributed by atoms with Gasteiger partial charge in [-0.25, -0.2) is 0 Å². The smallest absolute Gasteiger partial charge is 0.0111 e. The van der Waals surface area contributed by atoms with Crippen LogP contribution in [0.2, 0.25) is 0 Å². The molecule has 1 N–H and O–H groups in total. The van der Waals surface area contributed by atoms with Gasteiger partial charge in [-0.2, -0.15) is 0 Å². The van der Waals surface area contributed by atoms with E-state index in [0.29, 0.717) is 0 Å². The highest BCUT2D eigenvalue weighted by atomic mass is 15.2. The molecule has 2 atom stereocenters. The van der Waals surface area contributed by atoms with E-state index in [1.165, 1.54) is 84.2 Å². The summed E-state index contributed by atoms with van der Waals surface area (Å²) in [7, 11) is 0. The van der Waals surface area contributed by atoms with E-state index in [9.17, 15) is 0 Å². The van der Waals surface area contributed by atoms with Crippen LogP contribution in [0.3, 0.4) is 0 Å². The number of likely N-dealkylation sites (tertiary alicyclic amines) is 1. The maximum Gasteiger partial charge on any atom is 0.0111 e. The predicted octanol–water partition coefficient (Wildman–Crippen LogP) is 2.32. The van der Waals surface area contributed by atoms with Crippen molar-refractivity contribution >= 4 is 0 Å². The summed E-state index contributed by atoms with van der Waals surface area (Å²) in [4.78, 5) is 5.38. The number of fused-ring (bicyclic) bond motifs is 1. The van der Waals surface area contributed by atoms with E-state index >= 15 is 0 Å². The molecule has 3 nitrogen and oxygen atoms in total. The number of nitrogens with zero attached hydrogens (tertiary/aromatic N) is 2. The highest BCUT2D eigenvalue weighted by Crippen LogP contribution is 2.26. The molecule has 0 aromatic rings. The van der Waals surface area contributed by atoms with Gasteiger partial charge in [0.1, 0.15) is 0 Å². The molecule has 2 unspecified atom stereocenters. The van der Waals surface area contributed by atoms with Crippen molar-refractivity contribution in [3.05, 3.63) is 0 Å². The van der Waals surface area contributed by atoms with E-state index in [2.05, 4.69) is 22.0 Å². The molecule has 3 aliphatic rings. The molecule has 0 bridgehead atoms. The summed E-state index contributed by atoms with van der Waals surface area (Å²) >= 11 is 0. The van der Waals surface area contributed by atoms with E-state index in [4.69, 9.17) is 0 Å². The van der Waals surface area contributed by atoms with Crippen molar-refractivity contribution in [3.8, 4) is 0 Å². The zero-order valence-corrected chi connectivity index (χ0v) is 13.3. The Balaban J connectivity index is 1.26. The first-order valence-electron chi connectivity index (χ1n) is 9.01. The summed E-state index contributed by atoms with van der Waals surface area (Å²) in [6, 6.07) is 1.71. The van der Waals surface area contributed by atoms with Gasteiger partial charge < -0.3 is 15.1 Å². The van der Waals surface area contributed by atoms with Gasteiger partial charge in [0.25, 0.3) is 0 Å². The van der Waals surface area contributed by atoms with Gasteiger partial charge in [-0.15, -0.1) is 0 Å². The van der Waals surface area contributed by atoms with E-state index in [1.54, 1.807) is 0 Å². The van der Waals surface area contributed by atoms with Gasteiger partial charge in [0.15, 0.2) is 0 Å². The second-order valence-electron chi connectivity index (χ2n) is 7.39. The highest BCUT2D eigenvalue weighted by molar-refractivity contribution is 4.89. The Labute approximate surface area is 125 Å². The topological polar surface area (TPSA) is 18.5 Å². The third-order valence-corrected chi connectivity index (χ3v) is 5.78. The fraction of sp³-hybridized carbons (Fsp3) is 1.00. The third kappa shape index (κ3) is 3.96. The minimum atomic E-state index is 0.802. The second kappa shape index (κ2) is 7.24. The molecule has 3 heteroatoms. The lowest BCUT2D eigenvalue weighted by molar-refractivity contribution is 0.163. The average Bonchev–Trinajstić information content (AvgIpc) is 2.93. The van der Waals surface area contributed by atoms with E-state index in [0.717, 1.165) is 18.0 Å². The molecule has 0 aromatic heterocycles. The SMILES string of the molecule is CC1CCN(CCCNC2CCN3CCCC3C2)CC1. The van der Waals surface area contributed by atoms with Crippen LogP contribution in [-0.2, 0) is 0 Å². The number of piperidine rings is 2. The van der Waals surface area contributed by atoms with E-state index in [-0.39, 0.29) is 0 Å². The lowest BCUT2D eigenvalue weighted by Gasteiger charge is -2.35. The van der Waals surface area contributed by atoms with Crippen LogP contribution in [-0.4, -0.2) is 61.2 Å². The Hall–Kier alpha value is -0.120. The molecule has 3 rings (SSSR count). The second-order valence-corrected chi connectivity index (χ2v) is 7.39. The average molecular weight is 279 g/mol. The van der Waals surface area contributed by atoms with Crippen LogP contribution in [0.25, 0.3) is 0 Å². The summed E-state index contributed by atoms with van der Waals surface area (Å²) < 4.78 is 0. The maximum absolute atomic E-state index is 3.83. The van der Waals surface area contributed by atoms with E-state index < -0.39 is 0 Å². The van der Waals surface area contributed by atoms with Crippen molar-refractivity contribution in [3.63, 3.8) is 0 Å². The standard InChI is InChI=1S/C17H33N3/c1-15-5-11-19(12-6-15)9-3-8-18-16-7-13-20-10-2-4-17(20)14-16/h15-18H,2-14H2,1H3. The molecule has 3 heterocycles. The van der Waals surface area contributed by atoms with Gasteiger partial charge in [-0.05, 0) is 90.1 Å². The lowest BCUT2D eigenvalue weighted by atomic mass is 9.97.